The number of alkyl carbamates (subject to hydrolysis) is 1. The first kappa shape index (κ1) is 31.3. The number of carbonyl (C=O) groups is 3. The van der Waals surface area contributed by atoms with Crippen LogP contribution in [0.4, 0.5) is 28.0 Å². The van der Waals surface area contributed by atoms with Crippen LogP contribution in [-0.2, 0) is 26.9 Å². The van der Waals surface area contributed by atoms with Crippen molar-refractivity contribution in [3.63, 3.8) is 0 Å². The summed E-state index contributed by atoms with van der Waals surface area (Å²) in [5, 5.41) is 5.09. The molecular weight excluding hydrogens is 578 g/mol. The summed E-state index contributed by atoms with van der Waals surface area (Å²) in [4.78, 5) is 39.9. The molecule has 2 N–H and O–H groups in total. The van der Waals surface area contributed by atoms with E-state index in [0.29, 0.717) is 10.6 Å². The number of benzene rings is 2. The predicted octanol–water partition coefficient (Wildman–Crippen LogP) is 5.10. The van der Waals surface area contributed by atoms with Crippen molar-refractivity contribution in [2.75, 3.05) is 17.2 Å². The molecule has 1 aliphatic heterocycles. The van der Waals surface area contributed by atoms with E-state index in [-0.39, 0.29) is 23.7 Å². The van der Waals surface area contributed by atoms with E-state index in [9.17, 15) is 31.8 Å². The molecule has 0 bridgehead atoms. The normalized spacial score (nSPS) is 17.6. The molecule has 0 saturated carbocycles. The van der Waals surface area contributed by atoms with E-state index < -0.39 is 76.5 Å². The maximum atomic E-state index is 15.0. The van der Waals surface area contributed by atoms with E-state index in [0.717, 1.165) is 17.0 Å². The van der Waals surface area contributed by atoms with Gasteiger partial charge in [-0.3, -0.25) is 13.8 Å². The molecule has 2 atom stereocenters. The van der Waals surface area contributed by atoms with Crippen molar-refractivity contribution in [1.82, 2.24) is 10.6 Å². The van der Waals surface area contributed by atoms with E-state index in [1.807, 2.05) is 0 Å². The lowest BCUT2D eigenvalue weighted by Crippen LogP contribution is -2.51. The molecule has 8 nitrogen and oxygen atoms in total. The van der Waals surface area contributed by atoms with E-state index in [2.05, 4.69) is 10.6 Å². The number of hydrogen-bond donors (Lipinski definition) is 2. The minimum atomic E-state index is -4.41. The lowest BCUT2D eigenvalue weighted by Gasteiger charge is -2.27. The highest BCUT2D eigenvalue weighted by atomic mass is 35.5. The van der Waals surface area contributed by atoms with Gasteiger partial charge in [-0.15, -0.1) is 0 Å². The lowest BCUT2D eigenvalue weighted by molar-refractivity contribution is -0.135. The van der Waals surface area contributed by atoms with Crippen molar-refractivity contribution >= 4 is 46.0 Å². The average molecular weight is 606 g/mol. The Kier molecular flexibility index (Phi) is 9.83. The van der Waals surface area contributed by atoms with Gasteiger partial charge in [0.1, 0.15) is 17.5 Å². The number of rotatable bonds is 7. The van der Waals surface area contributed by atoms with Crippen LogP contribution in [0.2, 0.25) is 5.02 Å². The Bertz CT molecular complexity index is 1300. The van der Waals surface area contributed by atoms with Crippen molar-refractivity contribution in [1.29, 1.82) is 0 Å². The molecule has 0 spiro atoms. The SMILES string of the molecule is CC(C)(C)OC(=O)N[C@H]1CS(=O)c2cc(F)c(C(=O)NCCCC(F)(F)F)cc2N(Cc2ccc(Cl)cc2)C1=O. The van der Waals surface area contributed by atoms with E-state index >= 15 is 4.39 Å². The number of carbonyl (C=O) groups excluding carboxylic acids is 3. The van der Waals surface area contributed by atoms with E-state index in [1.54, 1.807) is 45.0 Å². The Morgan fingerprint density at radius 1 is 1.15 bits per heavy atom. The molecule has 1 unspecified atom stereocenters. The third-order valence-electron chi connectivity index (χ3n) is 5.58. The maximum absolute atomic E-state index is 15.0. The molecule has 2 aromatic rings. The highest BCUT2D eigenvalue weighted by molar-refractivity contribution is 7.85. The Hall–Kier alpha value is -3.19. The van der Waals surface area contributed by atoms with Crippen LogP contribution < -0.4 is 15.5 Å². The van der Waals surface area contributed by atoms with Crippen LogP contribution in [0.1, 0.15) is 49.5 Å². The first-order valence-corrected chi connectivity index (χ1v) is 13.9. The number of nitrogens with one attached hydrogen (secondary N) is 2. The molecule has 3 amide bonds. The molecule has 0 fully saturated rings. The average Bonchev–Trinajstić information content (AvgIpc) is 2.91. The molecule has 14 heteroatoms. The summed E-state index contributed by atoms with van der Waals surface area (Å²) < 4.78 is 70.8. The van der Waals surface area contributed by atoms with Crippen LogP contribution in [-0.4, -0.2) is 52.2 Å². The number of hydrogen-bond acceptors (Lipinski definition) is 5. The fourth-order valence-corrected chi connectivity index (χ4v) is 5.28. The van der Waals surface area contributed by atoms with Gasteiger partial charge in [0.2, 0.25) is 0 Å². The Labute approximate surface area is 235 Å². The van der Waals surface area contributed by atoms with Crippen LogP contribution in [0.3, 0.4) is 0 Å². The van der Waals surface area contributed by atoms with Gasteiger partial charge in [-0.1, -0.05) is 23.7 Å². The molecule has 1 heterocycles. The monoisotopic (exact) mass is 605 g/mol. The molecule has 3 rings (SSSR count). The predicted molar refractivity (Wildman–Crippen MR) is 141 cm³/mol. The van der Waals surface area contributed by atoms with Gasteiger partial charge < -0.3 is 20.3 Å². The third kappa shape index (κ3) is 8.65. The number of nitrogens with zero attached hydrogens (tertiary/aromatic N) is 1. The van der Waals surface area contributed by atoms with Crippen molar-refractivity contribution in [2.24, 2.45) is 0 Å². The first-order chi connectivity index (χ1) is 18.5. The molecule has 40 heavy (non-hydrogen) atoms. The highest BCUT2D eigenvalue weighted by Crippen LogP contribution is 2.33. The largest absolute Gasteiger partial charge is 0.444 e. The minimum absolute atomic E-state index is 0.0476. The molecule has 218 valence electrons. The third-order valence-corrected chi connectivity index (χ3v) is 7.28. The van der Waals surface area contributed by atoms with Crippen molar-refractivity contribution in [3.8, 4) is 0 Å². The van der Waals surface area contributed by atoms with Crippen LogP contribution in [0.5, 0.6) is 0 Å². The second-order valence-corrected chi connectivity index (χ2v) is 11.9. The summed E-state index contributed by atoms with van der Waals surface area (Å²) in [7, 11) is -2.00. The topological polar surface area (TPSA) is 105 Å². The molecule has 2 aromatic carbocycles. The fourth-order valence-electron chi connectivity index (χ4n) is 3.80. The standard InChI is InChI=1S/C26H28ClF4N3O5S/c1-25(2,3)39-24(37)33-19-14-40(38)21-12-18(28)17(22(35)32-10-4-9-26(29,30)31)11-20(21)34(23(19)36)13-15-5-7-16(27)8-6-15/h5-8,11-12,19H,4,9-10,13-14H2,1-3H3,(H,32,35)(H,33,37)/t19-,40?/m0/s1. The summed E-state index contributed by atoms with van der Waals surface area (Å²) in [5.74, 6) is -3.17. The maximum Gasteiger partial charge on any atom is 0.408 e. The van der Waals surface area contributed by atoms with Gasteiger partial charge in [0.05, 0.1) is 39.2 Å². The number of fused-ring (bicyclic) bond motifs is 1. The quantitative estimate of drug-likeness (QED) is 0.338. The van der Waals surface area contributed by atoms with Crippen molar-refractivity contribution < 1.29 is 40.9 Å². The summed E-state index contributed by atoms with van der Waals surface area (Å²) in [6, 6.07) is 6.99. The van der Waals surface area contributed by atoms with E-state index in [4.69, 9.17) is 16.3 Å². The van der Waals surface area contributed by atoms with Gasteiger partial charge in [0, 0.05) is 18.0 Å². The molecule has 0 aromatic heterocycles. The molecule has 1 aliphatic rings. The highest BCUT2D eigenvalue weighted by Gasteiger charge is 2.37. The Balaban J connectivity index is 1.98. The second-order valence-electron chi connectivity index (χ2n) is 10.0. The summed E-state index contributed by atoms with van der Waals surface area (Å²) in [6.07, 6.45) is -6.87. The Morgan fingerprint density at radius 2 is 1.80 bits per heavy atom. The van der Waals surface area contributed by atoms with Gasteiger partial charge in [-0.05, 0) is 57.0 Å². The van der Waals surface area contributed by atoms with Gasteiger partial charge in [-0.2, -0.15) is 13.2 Å². The number of halogens is 5. The van der Waals surface area contributed by atoms with Crippen LogP contribution in [0.15, 0.2) is 41.3 Å². The smallest absolute Gasteiger partial charge is 0.408 e. The second kappa shape index (κ2) is 12.5. The zero-order valence-corrected chi connectivity index (χ0v) is 23.4. The molecule has 0 radical (unpaired) electrons. The van der Waals surface area contributed by atoms with Crippen LogP contribution >= 0.6 is 11.6 Å². The van der Waals surface area contributed by atoms with Crippen LogP contribution in [0, 0.1) is 5.82 Å². The number of amides is 3. The lowest BCUT2D eigenvalue weighted by atomic mass is 10.1. The number of anilines is 1. The Morgan fingerprint density at radius 3 is 2.40 bits per heavy atom. The zero-order valence-electron chi connectivity index (χ0n) is 21.9. The van der Waals surface area contributed by atoms with E-state index in [1.165, 1.54) is 0 Å². The first-order valence-electron chi connectivity index (χ1n) is 12.2. The van der Waals surface area contributed by atoms with Crippen molar-refractivity contribution in [3.05, 3.63) is 58.4 Å². The minimum Gasteiger partial charge on any atom is -0.444 e. The van der Waals surface area contributed by atoms with Crippen molar-refractivity contribution in [2.45, 2.75) is 62.9 Å². The zero-order chi connectivity index (χ0) is 29.8. The molecular formula is C26H28ClF4N3O5S. The van der Waals surface area contributed by atoms with Gasteiger partial charge >= 0.3 is 12.3 Å². The summed E-state index contributed by atoms with van der Waals surface area (Å²) in [5.41, 5.74) is -0.896. The van der Waals surface area contributed by atoms with Gasteiger partial charge in [0.25, 0.3) is 11.8 Å². The van der Waals surface area contributed by atoms with Gasteiger partial charge in [0.15, 0.2) is 0 Å². The number of alkyl halides is 3. The molecule has 0 aliphatic carbocycles. The number of ether oxygens (including phenoxy) is 1. The summed E-state index contributed by atoms with van der Waals surface area (Å²) >= 11 is 5.96. The van der Waals surface area contributed by atoms with Gasteiger partial charge in [-0.25, -0.2) is 9.18 Å². The summed E-state index contributed by atoms with van der Waals surface area (Å²) in [6.45, 7) is 4.39. The van der Waals surface area contributed by atoms with Crippen LogP contribution in [0.25, 0.3) is 0 Å². The molecule has 0 saturated heterocycles. The fraction of sp³-hybridized carbons (Fsp3) is 0.423.